The van der Waals surface area contributed by atoms with Crippen LogP contribution >= 0.6 is 11.8 Å². The highest BCUT2D eigenvalue weighted by Crippen LogP contribution is 2.35. The lowest BCUT2D eigenvalue weighted by Gasteiger charge is -2.15. The van der Waals surface area contributed by atoms with Gasteiger partial charge in [0.2, 0.25) is 0 Å². The van der Waals surface area contributed by atoms with Gasteiger partial charge >= 0.3 is 0 Å². The van der Waals surface area contributed by atoms with Gasteiger partial charge < -0.3 is 24.8 Å². The maximum Gasteiger partial charge on any atom is 0.272 e. The Kier molecular flexibility index (Phi) is 9.37. The molecule has 0 spiro atoms. The Balaban J connectivity index is 2.00. The van der Waals surface area contributed by atoms with Gasteiger partial charge in [0.1, 0.15) is 11.4 Å². The van der Waals surface area contributed by atoms with Crippen molar-refractivity contribution in [3.8, 4) is 23.3 Å². The molecule has 0 aliphatic heterocycles. The predicted octanol–water partition coefficient (Wildman–Crippen LogP) is 4.74. The second-order valence-electron chi connectivity index (χ2n) is 7.26. The number of hydrogen-bond donors (Lipinski definition) is 2. The lowest BCUT2D eigenvalue weighted by Crippen LogP contribution is -2.30. The van der Waals surface area contributed by atoms with Gasteiger partial charge in [0.25, 0.3) is 11.8 Å². The van der Waals surface area contributed by atoms with Crippen molar-refractivity contribution in [1.82, 2.24) is 5.32 Å². The smallest absolute Gasteiger partial charge is 0.272 e. The van der Waals surface area contributed by atoms with Gasteiger partial charge in [-0.1, -0.05) is 24.3 Å². The van der Waals surface area contributed by atoms with Gasteiger partial charge in [0, 0.05) is 27.8 Å². The van der Waals surface area contributed by atoms with Crippen LogP contribution in [0.3, 0.4) is 0 Å². The Morgan fingerprint density at radius 2 is 1.61 bits per heavy atom. The van der Waals surface area contributed by atoms with Crippen LogP contribution in [0.2, 0.25) is 0 Å². The summed E-state index contributed by atoms with van der Waals surface area (Å²) in [5.74, 6) is 0.600. The summed E-state index contributed by atoms with van der Waals surface area (Å²) >= 11 is 1.35. The molecule has 0 fully saturated rings. The van der Waals surface area contributed by atoms with Crippen LogP contribution in [0.15, 0.2) is 77.3 Å². The topological polar surface area (TPSA) is 110 Å². The molecule has 0 unspecified atom stereocenters. The van der Waals surface area contributed by atoms with Gasteiger partial charge in [-0.15, -0.1) is 11.8 Å². The summed E-state index contributed by atoms with van der Waals surface area (Å²) in [6, 6.07) is 21.0. The number of thioether (sulfide) groups is 1. The van der Waals surface area contributed by atoms with Crippen molar-refractivity contribution in [2.45, 2.75) is 4.90 Å². The molecule has 3 rings (SSSR count). The highest BCUT2D eigenvalue weighted by atomic mass is 32.2. The Morgan fingerprint density at radius 1 is 0.917 bits per heavy atom. The maximum absolute atomic E-state index is 13.3. The monoisotopic (exact) mass is 503 g/mol. The molecular weight excluding hydrogens is 478 g/mol. The average Bonchev–Trinajstić information content (AvgIpc) is 2.91. The van der Waals surface area contributed by atoms with Crippen LogP contribution in [-0.4, -0.2) is 38.9 Å². The summed E-state index contributed by atoms with van der Waals surface area (Å²) in [5.41, 5.74) is 1.39. The van der Waals surface area contributed by atoms with E-state index in [0.29, 0.717) is 34.1 Å². The van der Waals surface area contributed by atoms with E-state index >= 15 is 0 Å². The number of nitrogens with zero attached hydrogens (tertiary/aromatic N) is 1. The lowest BCUT2D eigenvalue weighted by atomic mass is 10.1. The Labute approximate surface area is 213 Å². The number of nitriles is 1. The fraction of sp³-hybridized carbons (Fsp3) is 0.148. The SMILES string of the molecule is COc1cc(OC)c(OC)cc1/C=C(/NC(=O)c1ccccc1)C(=O)Nc1cccc(SCC#N)c1. The third kappa shape index (κ3) is 6.81. The van der Waals surface area contributed by atoms with Crippen LogP contribution in [-0.2, 0) is 4.79 Å². The van der Waals surface area contributed by atoms with E-state index in [1.807, 2.05) is 6.07 Å². The fourth-order valence-electron chi connectivity index (χ4n) is 3.24. The van der Waals surface area contributed by atoms with Crippen molar-refractivity contribution in [2.24, 2.45) is 0 Å². The maximum atomic E-state index is 13.3. The number of anilines is 1. The number of rotatable bonds is 10. The second kappa shape index (κ2) is 12.9. The summed E-state index contributed by atoms with van der Waals surface area (Å²) in [6.07, 6.45) is 1.51. The van der Waals surface area contributed by atoms with E-state index in [4.69, 9.17) is 19.5 Å². The molecule has 3 aromatic carbocycles. The number of nitrogens with one attached hydrogen (secondary N) is 2. The number of hydrogen-bond acceptors (Lipinski definition) is 7. The van der Waals surface area contributed by atoms with Crippen molar-refractivity contribution >= 4 is 35.3 Å². The highest BCUT2D eigenvalue weighted by Gasteiger charge is 2.18. The summed E-state index contributed by atoms with van der Waals surface area (Å²) < 4.78 is 16.2. The number of ether oxygens (including phenoxy) is 3. The Morgan fingerprint density at radius 3 is 2.28 bits per heavy atom. The number of amides is 2. The van der Waals surface area contributed by atoms with E-state index in [0.717, 1.165) is 4.90 Å². The van der Waals surface area contributed by atoms with Gasteiger partial charge in [-0.25, -0.2) is 0 Å². The van der Waals surface area contributed by atoms with Crippen molar-refractivity contribution < 1.29 is 23.8 Å². The number of methoxy groups -OCH3 is 3. The zero-order valence-electron chi connectivity index (χ0n) is 20.0. The van der Waals surface area contributed by atoms with E-state index in [9.17, 15) is 9.59 Å². The number of carbonyl (C=O) groups is 2. The van der Waals surface area contributed by atoms with Crippen LogP contribution in [0.25, 0.3) is 6.08 Å². The molecule has 3 aromatic rings. The molecule has 2 N–H and O–H groups in total. The van der Waals surface area contributed by atoms with Crippen LogP contribution in [0.1, 0.15) is 15.9 Å². The summed E-state index contributed by atoms with van der Waals surface area (Å²) in [6.45, 7) is 0. The van der Waals surface area contributed by atoms with Crippen LogP contribution < -0.4 is 24.8 Å². The summed E-state index contributed by atoms with van der Waals surface area (Å²) in [7, 11) is 4.50. The molecular formula is C27H25N3O5S. The molecule has 0 saturated carbocycles. The van der Waals surface area contributed by atoms with Gasteiger partial charge in [0.05, 0.1) is 33.2 Å². The molecule has 0 aromatic heterocycles. The molecule has 2 amide bonds. The van der Waals surface area contributed by atoms with E-state index in [-0.39, 0.29) is 11.4 Å². The second-order valence-corrected chi connectivity index (χ2v) is 8.30. The third-order valence-corrected chi connectivity index (χ3v) is 5.82. The van der Waals surface area contributed by atoms with Crippen LogP contribution in [0.5, 0.6) is 17.2 Å². The van der Waals surface area contributed by atoms with Crippen molar-refractivity contribution in [2.75, 3.05) is 32.4 Å². The summed E-state index contributed by atoms with van der Waals surface area (Å²) in [5, 5.41) is 14.3. The first-order valence-electron chi connectivity index (χ1n) is 10.8. The van der Waals surface area contributed by atoms with E-state index in [1.165, 1.54) is 39.2 Å². The molecule has 0 aliphatic carbocycles. The van der Waals surface area contributed by atoms with E-state index in [1.54, 1.807) is 60.7 Å². The molecule has 0 aliphatic rings. The number of carbonyl (C=O) groups excluding carboxylic acids is 2. The molecule has 0 atom stereocenters. The minimum Gasteiger partial charge on any atom is -0.496 e. The normalized spacial score (nSPS) is 10.7. The quantitative estimate of drug-likeness (QED) is 0.304. The minimum absolute atomic E-state index is 0.00976. The molecule has 36 heavy (non-hydrogen) atoms. The minimum atomic E-state index is -0.543. The molecule has 184 valence electrons. The van der Waals surface area contributed by atoms with Crippen molar-refractivity contribution in [3.63, 3.8) is 0 Å². The molecule has 0 heterocycles. The first-order chi connectivity index (χ1) is 17.5. The Bertz CT molecular complexity index is 1300. The highest BCUT2D eigenvalue weighted by molar-refractivity contribution is 7.99. The lowest BCUT2D eigenvalue weighted by molar-refractivity contribution is -0.113. The van der Waals surface area contributed by atoms with E-state index < -0.39 is 11.8 Å². The molecule has 9 heteroatoms. The van der Waals surface area contributed by atoms with Crippen molar-refractivity contribution in [1.29, 1.82) is 5.26 Å². The fourth-order valence-corrected chi connectivity index (χ4v) is 3.86. The average molecular weight is 504 g/mol. The zero-order valence-corrected chi connectivity index (χ0v) is 20.8. The molecule has 8 nitrogen and oxygen atoms in total. The summed E-state index contributed by atoms with van der Waals surface area (Å²) in [4.78, 5) is 27.1. The van der Waals surface area contributed by atoms with E-state index in [2.05, 4.69) is 16.7 Å². The zero-order chi connectivity index (χ0) is 25.9. The van der Waals surface area contributed by atoms with Crippen molar-refractivity contribution in [3.05, 3.63) is 83.6 Å². The predicted molar refractivity (Wildman–Crippen MR) is 139 cm³/mol. The molecule has 0 saturated heterocycles. The molecule has 0 bridgehead atoms. The van der Waals surface area contributed by atoms with Gasteiger partial charge in [-0.2, -0.15) is 5.26 Å². The number of benzene rings is 3. The first kappa shape index (κ1) is 26.2. The van der Waals surface area contributed by atoms with Gasteiger partial charge in [-0.3, -0.25) is 9.59 Å². The van der Waals surface area contributed by atoms with Crippen LogP contribution in [0, 0.1) is 11.3 Å². The molecule has 0 radical (unpaired) electrons. The largest absolute Gasteiger partial charge is 0.496 e. The van der Waals surface area contributed by atoms with Crippen LogP contribution in [0.4, 0.5) is 5.69 Å². The van der Waals surface area contributed by atoms with Gasteiger partial charge in [-0.05, 0) is 42.5 Å². The first-order valence-corrected chi connectivity index (χ1v) is 11.8. The third-order valence-electron chi connectivity index (χ3n) is 4.96. The standard InChI is InChI=1S/C27H25N3O5S/c1-33-23-17-25(35-3)24(34-2)15-19(23)14-22(30-26(31)18-8-5-4-6-9-18)27(32)29-20-10-7-11-21(16-20)36-13-12-28/h4-11,14-17H,13H2,1-3H3,(H,29,32)(H,30,31)/b22-14+. The van der Waals surface area contributed by atoms with Gasteiger partial charge in [0.15, 0.2) is 11.5 Å². The Hall–Kier alpha value is -4.42.